The van der Waals surface area contributed by atoms with Gasteiger partial charge < -0.3 is 5.32 Å². The van der Waals surface area contributed by atoms with E-state index in [0.717, 1.165) is 22.2 Å². The van der Waals surface area contributed by atoms with Crippen LogP contribution in [0.4, 0.5) is 5.69 Å². The molecule has 29 heavy (non-hydrogen) atoms. The minimum Gasteiger partial charge on any atom is -0.324 e. The summed E-state index contributed by atoms with van der Waals surface area (Å²) in [6.07, 6.45) is 0.782. The van der Waals surface area contributed by atoms with Gasteiger partial charge in [-0.25, -0.2) is 9.36 Å². The number of carbonyl (C=O) groups is 1. The molecule has 0 saturated carbocycles. The van der Waals surface area contributed by atoms with Gasteiger partial charge in [0, 0.05) is 5.69 Å². The van der Waals surface area contributed by atoms with Crippen LogP contribution in [0.15, 0.2) is 75.6 Å². The van der Waals surface area contributed by atoms with Crippen LogP contribution in [0.2, 0.25) is 0 Å². The number of hydrogen-bond donors (Lipinski definition) is 1. The second kappa shape index (κ2) is 7.89. The van der Waals surface area contributed by atoms with Gasteiger partial charge >= 0.3 is 5.69 Å². The van der Waals surface area contributed by atoms with Crippen molar-refractivity contribution in [3.63, 3.8) is 0 Å². The molecule has 7 heteroatoms. The summed E-state index contributed by atoms with van der Waals surface area (Å²) in [5.74, 6) is -0.321. The predicted octanol–water partition coefficient (Wildman–Crippen LogP) is 3.42. The molecule has 6 nitrogen and oxygen atoms in total. The molecular formula is C22H19N3O3S. The van der Waals surface area contributed by atoms with E-state index in [9.17, 15) is 14.4 Å². The molecule has 0 aliphatic carbocycles. The van der Waals surface area contributed by atoms with E-state index in [1.54, 1.807) is 35.7 Å². The molecule has 2 aromatic carbocycles. The van der Waals surface area contributed by atoms with Crippen LogP contribution in [0.1, 0.15) is 12.5 Å². The fourth-order valence-corrected chi connectivity index (χ4v) is 4.15. The maximum atomic E-state index is 13.2. The highest BCUT2D eigenvalue weighted by Crippen LogP contribution is 2.18. The van der Waals surface area contributed by atoms with E-state index < -0.39 is 5.69 Å². The van der Waals surface area contributed by atoms with Crippen LogP contribution in [0.25, 0.3) is 15.9 Å². The molecule has 1 amide bonds. The maximum Gasteiger partial charge on any atom is 0.336 e. The van der Waals surface area contributed by atoms with E-state index in [1.165, 1.54) is 15.9 Å². The highest BCUT2D eigenvalue weighted by atomic mass is 32.1. The van der Waals surface area contributed by atoms with Crippen molar-refractivity contribution in [2.24, 2.45) is 0 Å². The Balaban J connectivity index is 1.78. The number of nitrogens with zero attached hydrogens (tertiary/aromatic N) is 2. The lowest BCUT2D eigenvalue weighted by atomic mass is 10.1. The van der Waals surface area contributed by atoms with E-state index >= 15 is 0 Å². The molecule has 0 fully saturated rings. The van der Waals surface area contributed by atoms with E-state index in [-0.39, 0.29) is 18.0 Å². The molecule has 0 aliphatic heterocycles. The van der Waals surface area contributed by atoms with Gasteiger partial charge in [0.2, 0.25) is 5.91 Å². The van der Waals surface area contributed by atoms with Crippen LogP contribution in [0.3, 0.4) is 0 Å². The molecule has 0 spiro atoms. The molecule has 0 bridgehead atoms. The summed E-state index contributed by atoms with van der Waals surface area (Å²) in [4.78, 5) is 38.8. The molecule has 2 aromatic heterocycles. The van der Waals surface area contributed by atoms with Crippen LogP contribution in [0, 0.1) is 0 Å². The van der Waals surface area contributed by atoms with Gasteiger partial charge in [-0.3, -0.25) is 14.2 Å². The molecule has 146 valence electrons. The lowest BCUT2D eigenvalue weighted by Gasteiger charge is -2.13. The van der Waals surface area contributed by atoms with Crippen molar-refractivity contribution in [3.05, 3.63) is 92.4 Å². The standard InChI is InChI=1S/C22H19N3O3S/c1-2-15-8-6-7-11-17(15)23-19(26)14-24-18-12-13-29-20(18)21(27)25(22(24)28)16-9-4-3-5-10-16/h3-13H,2,14H2,1H3,(H,23,26). The van der Waals surface area contributed by atoms with Crippen molar-refractivity contribution >= 4 is 33.1 Å². The van der Waals surface area contributed by atoms with Gasteiger partial charge in [-0.1, -0.05) is 43.3 Å². The first-order valence-corrected chi connectivity index (χ1v) is 10.1. The Morgan fingerprint density at radius 1 is 1.00 bits per heavy atom. The van der Waals surface area contributed by atoms with E-state index in [2.05, 4.69) is 5.32 Å². The zero-order valence-corrected chi connectivity index (χ0v) is 16.6. The zero-order valence-electron chi connectivity index (χ0n) is 15.8. The van der Waals surface area contributed by atoms with Crippen molar-refractivity contribution in [1.82, 2.24) is 9.13 Å². The topological polar surface area (TPSA) is 73.1 Å². The first kappa shape index (κ1) is 18.9. The SMILES string of the molecule is CCc1ccccc1NC(=O)Cn1c(=O)n(-c2ccccc2)c(=O)c2sccc21. The minimum atomic E-state index is -0.536. The summed E-state index contributed by atoms with van der Waals surface area (Å²) >= 11 is 1.26. The number of anilines is 1. The van der Waals surface area contributed by atoms with Gasteiger partial charge in [0.05, 0.1) is 11.2 Å². The zero-order chi connectivity index (χ0) is 20.4. The lowest BCUT2D eigenvalue weighted by Crippen LogP contribution is -2.40. The Bertz CT molecular complexity index is 1300. The largest absolute Gasteiger partial charge is 0.336 e. The number of nitrogens with one attached hydrogen (secondary N) is 1. The molecule has 4 rings (SSSR count). The molecule has 2 heterocycles. The third-order valence-corrected chi connectivity index (χ3v) is 5.63. The number of fused-ring (bicyclic) bond motifs is 1. The third-order valence-electron chi connectivity index (χ3n) is 4.74. The summed E-state index contributed by atoms with van der Waals surface area (Å²) in [7, 11) is 0. The summed E-state index contributed by atoms with van der Waals surface area (Å²) in [6, 6.07) is 18.0. The second-order valence-corrected chi connectivity index (χ2v) is 7.45. The van der Waals surface area contributed by atoms with Crippen LogP contribution in [-0.4, -0.2) is 15.0 Å². The monoisotopic (exact) mass is 405 g/mol. The van der Waals surface area contributed by atoms with Gasteiger partial charge in [0.15, 0.2) is 0 Å². The Hall–Kier alpha value is -3.45. The molecular weight excluding hydrogens is 386 g/mol. The number of aryl methyl sites for hydroxylation is 1. The number of aromatic nitrogens is 2. The van der Waals surface area contributed by atoms with E-state index in [1.807, 2.05) is 37.3 Å². The first-order chi connectivity index (χ1) is 14.1. The highest BCUT2D eigenvalue weighted by molar-refractivity contribution is 7.17. The normalized spacial score (nSPS) is 10.9. The number of rotatable bonds is 5. The first-order valence-electron chi connectivity index (χ1n) is 9.26. The van der Waals surface area contributed by atoms with Crippen molar-refractivity contribution in [1.29, 1.82) is 0 Å². The minimum absolute atomic E-state index is 0.183. The third kappa shape index (κ3) is 3.52. The number of para-hydroxylation sites is 2. The van der Waals surface area contributed by atoms with Gasteiger partial charge in [-0.15, -0.1) is 11.3 Å². The molecule has 0 unspecified atom stereocenters. The van der Waals surface area contributed by atoms with Gasteiger partial charge in [-0.2, -0.15) is 0 Å². The van der Waals surface area contributed by atoms with Crippen molar-refractivity contribution < 1.29 is 4.79 Å². The Morgan fingerprint density at radius 2 is 1.72 bits per heavy atom. The Kier molecular flexibility index (Phi) is 5.14. The van der Waals surface area contributed by atoms with Crippen LogP contribution in [0.5, 0.6) is 0 Å². The van der Waals surface area contributed by atoms with Crippen molar-refractivity contribution in [2.45, 2.75) is 19.9 Å². The molecule has 0 radical (unpaired) electrons. The molecule has 1 N–H and O–H groups in total. The van der Waals surface area contributed by atoms with E-state index in [4.69, 9.17) is 0 Å². The molecule has 0 atom stereocenters. The fraction of sp³-hybridized carbons (Fsp3) is 0.136. The summed E-state index contributed by atoms with van der Waals surface area (Å²) in [6.45, 7) is 1.83. The molecule has 0 aliphatic rings. The fourth-order valence-electron chi connectivity index (χ4n) is 3.33. The second-order valence-electron chi connectivity index (χ2n) is 6.54. The summed E-state index contributed by atoms with van der Waals surface area (Å²) in [5, 5.41) is 4.64. The van der Waals surface area contributed by atoms with E-state index in [0.29, 0.717) is 15.9 Å². The molecule has 4 aromatic rings. The average Bonchev–Trinajstić information content (AvgIpc) is 3.23. The quantitative estimate of drug-likeness (QED) is 0.553. The number of hydrogen-bond acceptors (Lipinski definition) is 4. The van der Waals surface area contributed by atoms with Crippen LogP contribution < -0.4 is 16.6 Å². The Morgan fingerprint density at radius 3 is 2.48 bits per heavy atom. The summed E-state index contributed by atoms with van der Waals surface area (Å²) < 4.78 is 2.91. The lowest BCUT2D eigenvalue weighted by molar-refractivity contribution is -0.116. The Labute approximate surface area is 170 Å². The predicted molar refractivity (Wildman–Crippen MR) is 116 cm³/mol. The smallest absolute Gasteiger partial charge is 0.324 e. The number of thiophene rings is 1. The van der Waals surface area contributed by atoms with Crippen molar-refractivity contribution in [2.75, 3.05) is 5.32 Å². The van der Waals surface area contributed by atoms with Crippen LogP contribution >= 0.6 is 11.3 Å². The van der Waals surface area contributed by atoms with Crippen LogP contribution in [-0.2, 0) is 17.8 Å². The number of benzene rings is 2. The highest BCUT2D eigenvalue weighted by Gasteiger charge is 2.17. The van der Waals surface area contributed by atoms with Gasteiger partial charge in [0.25, 0.3) is 5.56 Å². The maximum absolute atomic E-state index is 13.2. The molecule has 0 saturated heterocycles. The van der Waals surface area contributed by atoms with Gasteiger partial charge in [-0.05, 0) is 41.6 Å². The average molecular weight is 405 g/mol. The van der Waals surface area contributed by atoms with Gasteiger partial charge in [0.1, 0.15) is 11.2 Å². The van der Waals surface area contributed by atoms with Crippen molar-refractivity contribution in [3.8, 4) is 5.69 Å². The number of amides is 1. The number of carbonyl (C=O) groups excluding carboxylic acids is 1. The summed E-state index contributed by atoms with van der Waals surface area (Å²) in [5.41, 5.74) is 1.78.